The summed E-state index contributed by atoms with van der Waals surface area (Å²) in [5.41, 5.74) is 13.2. The van der Waals surface area contributed by atoms with Crippen LogP contribution < -0.4 is 5.73 Å². The Labute approximate surface area is 187 Å². The number of hydrogen-bond donors (Lipinski definition) is 1. The second-order valence-corrected chi connectivity index (χ2v) is 7.64. The van der Waals surface area contributed by atoms with Gasteiger partial charge >= 0.3 is 0 Å². The van der Waals surface area contributed by atoms with E-state index in [1.54, 1.807) is 0 Å². The molecule has 0 unspecified atom stereocenters. The molecule has 0 saturated carbocycles. The van der Waals surface area contributed by atoms with E-state index in [-0.39, 0.29) is 0 Å². The largest absolute Gasteiger partial charge is 0.454 e. The topological polar surface area (TPSA) is 39.2 Å². The van der Waals surface area contributed by atoms with Crippen LogP contribution in [0.3, 0.4) is 0 Å². The van der Waals surface area contributed by atoms with Crippen molar-refractivity contribution in [3.63, 3.8) is 0 Å². The number of anilines is 1. The van der Waals surface area contributed by atoms with E-state index in [1.807, 2.05) is 54.6 Å². The normalized spacial score (nSPS) is 10.6. The SMILES string of the molecule is Nc1cccc2c1oc1ccccc12.c1ccc(-c2cccc(-c3ccccc3)c2)cc1. The quantitative estimate of drug-likeness (QED) is 0.291. The molecule has 0 aliphatic carbocycles. The maximum Gasteiger partial charge on any atom is 0.158 e. The van der Waals surface area contributed by atoms with Crippen molar-refractivity contribution in [3.8, 4) is 22.3 Å². The van der Waals surface area contributed by atoms with Crippen LogP contribution in [0.25, 0.3) is 44.2 Å². The molecule has 0 bridgehead atoms. The Morgan fingerprint density at radius 1 is 0.438 bits per heavy atom. The van der Waals surface area contributed by atoms with Crippen LogP contribution in [0.5, 0.6) is 0 Å². The van der Waals surface area contributed by atoms with Crippen molar-refractivity contribution < 1.29 is 4.42 Å². The predicted molar refractivity (Wildman–Crippen MR) is 135 cm³/mol. The molecule has 1 aromatic heterocycles. The molecule has 6 rings (SSSR count). The summed E-state index contributed by atoms with van der Waals surface area (Å²) in [6, 6.07) is 43.4. The van der Waals surface area contributed by atoms with Crippen LogP contribution >= 0.6 is 0 Å². The Balaban J connectivity index is 0.000000139. The zero-order valence-corrected chi connectivity index (χ0v) is 17.6. The van der Waals surface area contributed by atoms with Crippen molar-refractivity contribution in [3.05, 3.63) is 127 Å². The van der Waals surface area contributed by atoms with E-state index in [1.165, 1.54) is 22.3 Å². The molecule has 1 heterocycles. The van der Waals surface area contributed by atoms with Gasteiger partial charge in [-0.25, -0.2) is 0 Å². The number of furan rings is 1. The van der Waals surface area contributed by atoms with Gasteiger partial charge in [0.1, 0.15) is 5.58 Å². The van der Waals surface area contributed by atoms with E-state index in [2.05, 4.69) is 72.8 Å². The zero-order chi connectivity index (χ0) is 21.8. The van der Waals surface area contributed by atoms with E-state index in [4.69, 9.17) is 10.2 Å². The maximum absolute atomic E-state index is 5.83. The molecule has 2 N–H and O–H groups in total. The molecule has 0 saturated heterocycles. The number of rotatable bonds is 2. The van der Waals surface area contributed by atoms with Gasteiger partial charge < -0.3 is 10.2 Å². The van der Waals surface area contributed by atoms with E-state index in [0.29, 0.717) is 5.69 Å². The van der Waals surface area contributed by atoms with Gasteiger partial charge in [-0.2, -0.15) is 0 Å². The Kier molecular flexibility index (Phi) is 5.42. The van der Waals surface area contributed by atoms with Gasteiger partial charge in [-0.3, -0.25) is 0 Å². The molecule has 5 aromatic carbocycles. The number of benzene rings is 5. The highest BCUT2D eigenvalue weighted by molar-refractivity contribution is 6.08. The lowest BCUT2D eigenvalue weighted by atomic mass is 9.99. The Morgan fingerprint density at radius 3 is 1.59 bits per heavy atom. The smallest absolute Gasteiger partial charge is 0.158 e. The number of nitrogens with two attached hydrogens (primary N) is 1. The molecule has 154 valence electrons. The molecular formula is C30H23NO. The molecule has 0 spiro atoms. The number of fused-ring (bicyclic) bond motifs is 3. The zero-order valence-electron chi connectivity index (χ0n) is 17.6. The number of nitrogen functional groups attached to an aromatic ring is 1. The van der Waals surface area contributed by atoms with Crippen LogP contribution in [0.4, 0.5) is 5.69 Å². The molecule has 0 aliphatic heterocycles. The third-order valence-corrected chi connectivity index (χ3v) is 5.51. The van der Waals surface area contributed by atoms with Crippen molar-refractivity contribution in [2.45, 2.75) is 0 Å². The van der Waals surface area contributed by atoms with Crippen molar-refractivity contribution in [2.24, 2.45) is 0 Å². The molecule has 2 heteroatoms. The third-order valence-electron chi connectivity index (χ3n) is 5.51. The summed E-state index contributed by atoms with van der Waals surface area (Å²) < 4.78 is 5.66. The number of hydrogen-bond acceptors (Lipinski definition) is 2. The lowest BCUT2D eigenvalue weighted by molar-refractivity contribution is 0.670. The minimum absolute atomic E-state index is 0.693. The van der Waals surface area contributed by atoms with Gasteiger partial charge in [-0.1, -0.05) is 109 Å². The molecule has 0 atom stereocenters. The first kappa shape index (κ1) is 19.7. The first-order valence-corrected chi connectivity index (χ1v) is 10.7. The molecule has 0 amide bonds. The van der Waals surface area contributed by atoms with E-state index in [9.17, 15) is 0 Å². The Morgan fingerprint density at radius 2 is 0.938 bits per heavy atom. The molecular weight excluding hydrogens is 390 g/mol. The summed E-state index contributed by atoms with van der Waals surface area (Å²) in [6.45, 7) is 0. The number of para-hydroxylation sites is 2. The molecule has 0 fully saturated rings. The van der Waals surface area contributed by atoms with Crippen molar-refractivity contribution in [1.29, 1.82) is 0 Å². The van der Waals surface area contributed by atoms with Crippen LogP contribution in [0.2, 0.25) is 0 Å². The minimum Gasteiger partial charge on any atom is -0.454 e. The van der Waals surface area contributed by atoms with Crippen LogP contribution in [0.1, 0.15) is 0 Å². The summed E-state index contributed by atoms with van der Waals surface area (Å²) in [5.74, 6) is 0. The average molecular weight is 414 g/mol. The lowest BCUT2D eigenvalue weighted by Gasteiger charge is -2.05. The van der Waals surface area contributed by atoms with Crippen molar-refractivity contribution in [2.75, 3.05) is 5.73 Å². The predicted octanol–water partition coefficient (Wildman–Crippen LogP) is 8.19. The highest BCUT2D eigenvalue weighted by Crippen LogP contribution is 2.31. The molecule has 32 heavy (non-hydrogen) atoms. The highest BCUT2D eigenvalue weighted by Gasteiger charge is 2.07. The van der Waals surface area contributed by atoms with Gasteiger partial charge in [-0.15, -0.1) is 0 Å². The van der Waals surface area contributed by atoms with E-state index in [0.717, 1.165) is 21.9 Å². The lowest BCUT2D eigenvalue weighted by Crippen LogP contribution is -1.82. The van der Waals surface area contributed by atoms with E-state index >= 15 is 0 Å². The third kappa shape index (κ3) is 3.99. The van der Waals surface area contributed by atoms with Gasteiger partial charge in [0.2, 0.25) is 0 Å². The average Bonchev–Trinajstić information content (AvgIpc) is 3.26. The second-order valence-electron chi connectivity index (χ2n) is 7.64. The molecule has 0 aliphatic rings. The maximum atomic E-state index is 5.83. The van der Waals surface area contributed by atoms with Gasteiger partial charge in [0.15, 0.2) is 5.58 Å². The summed E-state index contributed by atoms with van der Waals surface area (Å²) in [4.78, 5) is 0. The Hall–Kier alpha value is -4.30. The summed E-state index contributed by atoms with van der Waals surface area (Å²) in [7, 11) is 0. The van der Waals surface area contributed by atoms with Crippen LogP contribution in [0.15, 0.2) is 132 Å². The Bertz CT molecular complexity index is 1410. The molecule has 6 aromatic rings. The van der Waals surface area contributed by atoms with Gasteiger partial charge in [0.05, 0.1) is 5.69 Å². The van der Waals surface area contributed by atoms with E-state index < -0.39 is 0 Å². The van der Waals surface area contributed by atoms with Gasteiger partial charge in [-0.05, 0) is 40.5 Å². The summed E-state index contributed by atoms with van der Waals surface area (Å²) >= 11 is 0. The van der Waals surface area contributed by atoms with Crippen LogP contribution in [0, 0.1) is 0 Å². The summed E-state index contributed by atoms with van der Waals surface area (Å²) in [6.07, 6.45) is 0. The fraction of sp³-hybridized carbons (Fsp3) is 0. The first-order valence-electron chi connectivity index (χ1n) is 10.7. The van der Waals surface area contributed by atoms with Gasteiger partial charge in [0, 0.05) is 10.8 Å². The standard InChI is InChI=1S/C18H14.C12H9NO/c1-3-8-15(9-4-1)17-12-7-13-18(14-17)16-10-5-2-6-11-16;13-10-6-3-5-9-8-4-1-2-7-11(8)14-12(9)10/h1-14H;1-7H,13H2. The second kappa shape index (κ2) is 8.83. The van der Waals surface area contributed by atoms with Crippen LogP contribution in [-0.4, -0.2) is 0 Å². The van der Waals surface area contributed by atoms with Crippen molar-refractivity contribution >= 4 is 27.6 Å². The summed E-state index contributed by atoms with van der Waals surface area (Å²) in [5, 5.41) is 2.20. The molecule has 2 nitrogen and oxygen atoms in total. The first-order chi connectivity index (χ1) is 15.8. The van der Waals surface area contributed by atoms with Crippen LogP contribution in [-0.2, 0) is 0 Å². The molecule has 0 radical (unpaired) electrons. The minimum atomic E-state index is 0.693. The van der Waals surface area contributed by atoms with Gasteiger partial charge in [0.25, 0.3) is 0 Å². The van der Waals surface area contributed by atoms with Crippen molar-refractivity contribution in [1.82, 2.24) is 0 Å². The fourth-order valence-corrected chi connectivity index (χ4v) is 3.91. The fourth-order valence-electron chi connectivity index (χ4n) is 3.91. The highest BCUT2D eigenvalue weighted by atomic mass is 16.3. The monoisotopic (exact) mass is 413 g/mol.